The molecule has 1 amide bonds. The lowest BCUT2D eigenvalue weighted by molar-refractivity contribution is 0.0936. The zero-order valence-electron chi connectivity index (χ0n) is 9.58. The summed E-state index contributed by atoms with van der Waals surface area (Å²) < 4.78 is 1.79. The molecule has 0 radical (unpaired) electrons. The van der Waals surface area contributed by atoms with Crippen LogP contribution in [-0.4, -0.2) is 26.7 Å². The van der Waals surface area contributed by atoms with Crippen LogP contribution in [-0.2, 0) is 6.54 Å². The van der Waals surface area contributed by atoms with Crippen molar-refractivity contribution in [1.82, 2.24) is 20.1 Å². The number of hydrogen-bond donors (Lipinski definition) is 1. The minimum atomic E-state index is -0.0907. The molecule has 1 atom stereocenters. The highest BCUT2D eigenvalue weighted by molar-refractivity contribution is 5.94. The number of nitrogens with one attached hydrogen (secondary N) is 1. The molecule has 2 heterocycles. The maximum Gasteiger partial charge on any atom is 0.251 e. The van der Waals surface area contributed by atoms with Crippen LogP contribution < -0.4 is 5.32 Å². The third-order valence-corrected chi connectivity index (χ3v) is 2.34. The molecule has 0 spiro atoms. The van der Waals surface area contributed by atoms with Gasteiger partial charge < -0.3 is 5.32 Å². The maximum absolute atomic E-state index is 11.8. The third kappa shape index (κ3) is 3.14. The number of carbonyl (C=O) groups is 1. The van der Waals surface area contributed by atoms with Gasteiger partial charge in [0.1, 0.15) is 0 Å². The largest absolute Gasteiger partial charge is 0.348 e. The van der Waals surface area contributed by atoms with Crippen LogP contribution >= 0.6 is 0 Å². The van der Waals surface area contributed by atoms with E-state index in [0.29, 0.717) is 12.1 Å². The number of hydrogen-bond acceptors (Lipinski definition) is 3. The van der Waals surface area contributed by atoms with Gasteiger partial charge in [-0.05, 0) is 25.1 Å². The van der Waals surface area contributed by atoms with Gasteiger partial charge in [0.15, 0.2) is 0 Å². The minimum Gasteiger partial charge on any atom is -0.348 e. The summed E-state index contributed by atoms with van der Waals surface area (Å²) in [5.74, 6) is -0.0907. The minimum absolute atomic E-state index is 0.0237. The molecule has 2 aromatic rings. The van der Waals surface area contributed by atoms with Crippen molar-refractivity contribution >= 4 is 5.91 Å². The van der Waals surface area contributed by atoms with Crippen molar-refractivity contribution in [3.63, 3.8) is 0 Å². The number of aromatic nitrogens is 3. The highest BCUT2D eigenvalue weighted by atomic mass is 16.1. The van der Waals surface area contributed by atoms with E-state index in [0.717, 1.165) is 0 Å². The van der Waals surface area contributed by atoms with Crippen molar-refractivity contribution in [3.05, 3.63) is 48.5 Å². The molecule has 2 rings (SSSR count). The molecular weight excluding hydrogens is 216 g/mol. The topological polar surface area (TPSA) is 59.8 Å². The van der Waals surface area contributed by atoms with Gasteiger partial charge in [-0.1, -0.05) is 0 Å². The smallest absolute Gasteiger partial charge is 0.251 e. The van der Waals surface area contributed by atoms with Crippen molar-refractivity contribution in [2.45, 2.75) is 19.5 Å². The Balaban J connectivity index is 1.91. The number of nitrogens with zero attached hydrogens (tertiary/aromatic N) is 3. The first kappa shape index (κ1) is 11.3. The fourth-order valence-electron chi connectivity index (χ4n) is 1.55. The summed E-state index contributed by atoms with van der Waals surface area (Å²) in [6.45, 7) is 2.60. The predicted molar refractivity (Wildman–Crippen MR) is 63.4 cm³/mol. The van der Waals surface area contributed by atoms with Gasteiger partial charge in [-0.3, -0.25) is 14.5 Å². The molecule has 0 aliphatic heterocycles. The summed E-state index contributed by atoms with van der Waals surface area (Å²) in [6, 6.07) is 5.26. The molecule has 0 fully saturated rings. The fraction of sp³-hybridized carbons (Fsp3) is 0.250. The van der Waals surface area contributed by atoms with E-state index in [1.165, 1.54) is 0 Å². The number of carbonyl (C=O) groups excluding carboxylic acids is 1. The molecule has 0 saturated heterocycles. The quantitative estimate of drug-likeness (QED) is 0.855. The molecular formula is C12H14N4O. The Bertz CT molecular complexity index is 467. The zero-order valence-corrected chi connectivity index (χ0v) is 9.58. The lowest BCUT2D eigenvalue weighted by Gasteiger charge is -2.13. The van der Waals surface area contributed by atoms with Crippen LogP contribution in [0.4, 0.5) is 0 Å². The molecule has 0 aromatic carbocycles. The summed E-state index contributed by atoms with van der Waals surface area (Å²) in [4.78, 5) is 15.7. The molecule has 88 valence electrons. The van der Waals surface area contributed by atoms with Crippen molar-refractivity contribution < 1.29 is 4.79 Å². The molecule has 1 N–H and O–H groups in total. The van der Waals surface area contributed by atoms with Gasteiger partial charge in [0, 0.05) is 36.4 Å². The van der Waals surface area contributed by atoms with E-state index in [2.05, 4.69) is 15.4 Å². The van der Waals surface area contributed by atoms with Crippen LogP contribution in [0, 0.1) is 0 Å². The summed E-state index contributed by atoms with van der Waals surface area (Å²) in [5.41, 5.74) is 0.618. The van der Waals surface area contributed by atoms with Gasteiger partial charge in [0.2, 0.25) is 0 Å². The SMILES string of the molecule is C[C@H](Cn1cccn1)NC(=O)c1ccncc1. The second kappa shape index (κ2) is 5.25. The monoisotopic (exact) mass is 230 g/mol. The molecule has 2 aromatic heterocycles. The second-order valence-corrected chi connectivity index (χ2v) is 3.84. The Morgan fingerprint density at radius 3 is 2.82 bits per heavy atom. The molecule has 5 heteroatoms. The molecule has 0 bridgehead atoms. The van der Waals surface area contributed by atoms with Crippen LogP contribution in [0.25, 0.3) is 0 Å². The van der Waals surface area contributed by atoms with Crippen molar-refractivity contribution in [3.8, 4) is 0 Å². The van der Waals surface area contributed by atoms with E-state index < -0.39 is 0 Å². The molecule has 0 saturated carbocycles. The van der Waals surface area contributed by atoms with Gasteiger partial charge >= 0.3 is 0 Å². The highest BCUT2D eigenvalue weighted by Crippen LogP contribution is 1.98. The second-order valence-electron chi connectivity index (χ2n) is 3.84. The fourth-order valence-corrected chi connectivity index (χ4v) is 1.55. The van der Waals surface area contributed by atoms with Crippen molar-refractivity contribution in [2.24, 2.45) is 0 Å². The molecule has 0 aliphatic rings. The molecule has 0 aliphatic carbocycles. The number of rotatable bonds is 4. The third-order valence-electron chi connectivity index (χ3n) is 2.34. The van der Waals surface area contributed by atoms with Crippen molar-refractivity contribution in [2.75, 3.05) is 0 Å². The standard InChI is InChI=1S/C12H14N4O/c1-10(9-16-8-2-5-14-16)15-12(17)11-3-6-13-7-4-11/h2-8,10H,9H2,1H3,(H,15,17)/t10-/m1/s1. The lowest BCUT2D eigenvalue weighted by atomic mass is 10.2. The Morgan fingerprint density at radius 2 is 2.18 bits per heavy atom. The van der Waals surface area contributed by atoms with E-state index in [4.69, 9.17) is 0 Å². The average molecular weight is 230 g/mol. The molecule has 5 nitrogen and oxygen atoms in total. The molecule has 17 heavy (non-hydrogen) atoms. The van der Waals surface area contributed by atoms with Gasteiger partial charge in [-0.25, -0.2) is 0 Å². The Hall–Kier alpha value is -2.17. The Kier molecular flexibility index (Phi) is 3.49. The van der Waals surface area contributed by atoms with Gasteiger partial charge in [-0.15, -0.1) is 0 Å². The Morgan fingerprint density at radius 1 is 1.41 bits per heavy atom. The van der Waals surface area contributed by atoms with Crippen LogP contribution in [0.1, 0.15) is 17.3 Å². The maximum atomic E-state index is 11.8. The van der Waals surface area contributed by atoms with E-state index in [-0.39, 0.29) is 11.9 Å². The van der Waals surface area contributed by atoms with Crippen LogP contribution in [0.3, 0.4) is 0 Å². The van der Waals surface area contributed by atoms with Crippen LogP contribution in [0.2, 0.25) is 0 Å². The van der Waals surface area contributed by atoms with Gasteiger partial charge in [0.25, 0.3) is 5.91 Å². The first-order valence-electron chi connectivity index (χ1n) is 5.44. The van der Waals surface area contributed by atoms with Gasteiger partial charge in [-0.2, -0.15) is 5.10 Å². The first-order chi connectivity index (χ1) is 8.25. The predicted octanol–water partition coefficient (Wildman–Crippen LogP) is 1.10. The summed E-state index contributed by atoms with van der Waals surface area (Å²) in [5, 5.41) is 7.00. The lowest BCUT2D eigenvalue weighted by Crippen LogP contribution is -2.35. The van der Waals surface area contributed by atoms with E-state index >= 15 is 0 Å². The average Bonchev–Trinajstić information content (AvgIpc) is 2.82. The van der Waals surface area contributed by atoms with E-state index in [9.17, 15) is 4.79 Å². The summed E-state index contributed by atoms with van der Waals surface area (Å²) in [6.07, 6.45) is 6.80. The van der Waals surface area contributed by atoms with E-state index in [1.54, 1.807) is 35.4 Å². The zero-order chi connectivity index (χ0) is 12.1. The van der Waals surface area contributed by atoms with Crippen molar-refractivity contribution in [1.29, 1.82) is 0 Å². The first-order valence-corrected chi connectivity index (χ1v) is 5.44. The normalized spacial score (nSPS) is 12.1. The van der Waals surface area contributed by atoms with Crippen LogP contribution in [0.15, 0.2) is 43.0 Å². The van der Waals surface area contributed by atoms with E-state index in [1.807, 2.05) is 19.2 Å². The summed E-state index contributed by atoms with van der Waals surface area (Å²) >= 11 is 0. The summed E-state index contributed by atoms with van der Waals surface area (Å²) in [7, 11) is 0. The molecule has 0 unspecified atom stereocenters. The van der Waals surface area contributed by atoms with Crippen LogP contribution in [0.5, 0.6) is 0 Å². The number of pyridine rings is 1. The highest BCUT2D eigenvalue weighted by Gasteiger charge is 2.09. The number of amides is 1. The Labute approximate surface area is 99.5 Å². The van der Waals surface area contributed by atoms with Gasteiger partial charge in [0.05, 0.1) is 6.54 Å².